The molecule has 0 spiro atoms. The van der Waals surface area contributed by atoms with Crippen LogP contribution in [0.15, 0.2) is 0 Å². The van der Waals surface area contributed by atoms with Gasteiger partial charge in [-0.2, -0.15) is 0 Å². The van der Waals surface area contributed by atoms with Gasteiger partial charge in [-0.1, -0.05) is 0 Å². The van der Waals surface area contributed by atoms with Crippen LogP contribution in [0.2, 0.25) is 0 Å². The Morgan fingerprint density at radius 2 is 2.00 bits per heavy atom. The molecule has 0 radical (unpaired) electrons. The monoisotopic (exact) mass is 187 g/mol. The molecule has 0 saturated carbocycles. The van der Waals surface area contributed by atoms with E-state index < -0.39 is 5.60 Å². The number of methoxy groups -OCH3 is 1. The van der Waals surface area contributed by atoms with Crippen LogP contribution in [0, 0.1) is 0 Å². The van der Waals surface area contributed by atoms with Crippen molar-refractivity contribution in [2.24, 2.45) is 0 Å². The second-order valence-corrected chi connectivity index (χ2v) is 4.18. The quantitative estimate of drug-likeness (QED) is 0.663. The minimum atomic E-state index is -0.419. The summed E-state index contributed by atoms with van der Waals surface area (Å²) in [5, 5.41) is 9.71. The molecule has 3 heteroatoms. The lowest BCUT2D eigenvalue weighted by Gasteiger charge is -2.35. The summed E-state index contributed by atoms with van der Waals surface area (Å²) in [7, 11) is 1.74. The van der Waals surface area contributed by atoms with Crippen molar-refractivity contribution in [1.82, 2.24) is 4.90 Å². The van der Waals surface area contributed by atoms with Crippen molar-refractivity contribution < 1.29 is 9.84 Å². The maximum atomic E-state index is 9.71. The molecule has 13 heavy (non-hydrogen) atoms. The first-order valence-corrected chi connectivity index (χ1v) is 5.08. The summed E-state index contributed by atoms with van der Waals surface area (Å²) >= 11 is 0. The lowest BCUT2D eigenvalue weighted by atomic mass is 9.94. The van der Waals surface area contributed by atoms with Crippen LogP contribution in [-0.4, -0.2) is 49.0 Å². The lowest BCUT2D eigenvalue weighted by Crippen LogP contribution is -2.42. The molecule has 0 aromatic heterocycles. The van der Waals surface area contributed by atoms with Crippen LogP contribution in [0.1, 0.15) is 26.2 Å². The Hall–Kier alpha value is -0.120. The highest BCUT2D eigenvalue weighted by molar-refractivity contribution is 4.81. The van der Waals surface area contributed by atoms with Gasteiger partial charge in [-0.05, 0) is 26.2 Å². The van der Waals surface area contributed by atoms with Crippen LogP contribution in [0.5, 0.6) is 0 Å². The van der Waals surface area contributed by atoms with E-state index in [0.29, 0.717) is 0 Å². The van der Waals surface area contributed by atoms with Gasteiger partial charge in [0.15, 0.2) is 0 Å². The van der Waals surface area contributed by atoms with Crippen LogP contribution >= 0.6 is 0 Å². The molecule has 0 aliphatic carbocycles. The minimum absolute atomic E-state index is 0.419. The van der Waals surface area contributed by atoms with E-state index in [-0.39, 0.29) is 0 Å². The second-order valence-electron chi connectivity index (χ2n) is 4.18. The standard InChI is InChI=1S/C10H21NO2/c1-10(12)4-7-11(8-5-10)6-3-9-13-2/h12H,3-9H2,1-2H3. The molecule has 0 bridgehead atoms. The smallest absolute Gasteiger partial charge is 0.0644 e. The average molecular weight is 187 g/mol. The van der Waals surface area contributed by atoms with Crippen LogP contribution in [0.4, 0.5) is 0 Å². The fourth-order valence-electron chi connectivity index (χ4n) is 1.69. The SMILES string of the molecule is COCCCN1CCC(C)(O)CC1. The largest absolute Gasteiger partial charge is 0.390 e. The molecule has 1 fully saturated rings. The Labute approximate surface area is 80.7 Å². The highest BCUT2D eigenvalue weighted by Crippen LogP contribution is 2.20. The molecule has 0 atom stereocenters. The average Bonchev–Trinajstić information content (AvgIpc) is 2.08. The molecule has 1 aliphatic heterocycles. The first kappa shape index (κ1) is 11.0. The fourth-order valence-corrected chi connectivity index (χ4v) is 1.69. The molecule has 78 valence electrons. The first-order valence-electron chi connectivity index (χ1n) is 5.08. The zero-order valence-electron chi connectivity index (χ0n) is 8.75. The summed E-state index contributed by atoms with van der Waals surface area (Å²) in [4.78, 5) is 2.40. The number of hydrogen-bond donors (Lipinski definition) is 1. The number of ether oxygens (including phenoxy) is 1. The van der Waals surface area contributed by atoms with Crippen LogP contribution in [0.3, 0.4) is 0 Å². The Morgan fingerprint density at radius 1 is 1.38 bits per heavy atom. The first-order chi connectivity index (χ1) is 6.14. The molecule has 0 aromatic rings. The number of likely N-dealkylation sites (tertiary alicyclic amines) is 1. The number of rotatable bonds is 4. The highest BCUT2D eigenvalue weighted by Gasteiger charge is 2.26. The van der Waals surface area contributed by atoms with Crippen molar-refractivity contribution >= 4 is 0 Å². The predicted octanol–water partition coefficient (Wildman–Crippen LogP) is 0.870. The van der Waals surface area contributed by atoms with E-state index in [0.717, 1.165) is 45.5 Å². The van der Waals surface area contributed by atoms with Gasteiger partial charge in [0.25, 0.3) is 0 Å². The van der Waals surface area contributed by atoms with Gasteiger partial charge in [0.05, 0.1) is 5.60 Å². The Balaban J connectivity index is 2.11. The molecule has 1 aliphatic rings. The van der Waals surface area contributed by atoms with E-state index in [1.807, 2.05) is 6.92 Å². The third-order valence-electron chi connectivity index (χ3n) is 2.76. The van der Waals surface area contributed by atoms with Crippen molar-refractivity contribution in [3.05, 3.63) is 0 Å². The summed E-state index contributed by atoms with van der Waals surface area (Å²) in [5.74, 6) is 0. The lowest BCUT2D eigenvalue weighted by molar-refractivity contribution is -0.00664. The molecule has 1 N–H and O–H groups in total. The summed E-state index contributed by atoms with van der Waals surface area (Å²) in [6, 6.07) is 0. The third-order valence-corrected chi connectivity index (χ3v) is 2.76. The zero-order valence-corrected chi connectivity index (χ0v) is 8.75. The normalized spacial score (nSPS) is 23.3. The maximum Gasteiger partial charge on any atom is 0.0644 e. The van der Waals surface area contributed by atoms with Crippen molar-refractivity contribution in [3.8, 4) is 0 Å². The van der Waals surface area contributed by atoms with Crippen molar-refractivity contribution in [3.63, 3.8) is 0 Å². The van der Waals surface area contributed by atoms with Gasteiger partial charge in [0.2, 0.25) is 0 Å². The number of hydrogen-bond acceptors (Lipinski definition) is 3. The van der Waals surface area contributed by atoms with E-state index in [4.69, 9.17) is 4.74 Å². The molecule has 1 saturated heterocycles. The molecular formula is C10H21NO2. The molecule has 0 amide bonds. The summed E-state index contributed by atoms with van der Waals surface area (Å²) in [5.41, 5.74) is -0.419. The van der Waals surface area contributed by atoms with E-state index in [2.05, 4.69) is 4.90 Å². The number of aliphatic hydroxyl groups is 1. The van der Waals surface area contributed by atoms with Gasteiger partial charge in [0.1, 0.15) is 0 Å². The van der Waals surface area contributed by atoms with E-state index in [9.17, 15) is 5.11 Å². The van der Waals surface area contributed by atoms with Crippen molar-refractivity contribution in [1.29, 1.82) is 0 Å². The van der Waals surface area contributed by atoms with Gasteiger partial charge < -0.3 is 14.7 Å². The third kappa shape index (κ3) is 4.07. The zero-order chi connectivity index (χ0) is 9.73. The molecule has 1 heterocycles. The summed E-state index contributed by atoms with van der Waals surface area (Å²) in [6.45, 7) is 5.92. The van der Waals surface area contributed by atoms with Crippen LogP contribution < -0.4 is 0 Å². The molecule has 0 aromatic carbocycles. The topological polar surface area (TPSA) is 32.7 Å². The van der Waals surface area contributed by atoms with Gasteiger partial charge in [-0.25, -0.2) is 0 Å². The number of piperidine rings is 1. The van der Waals surface area contributed by atoms with Crippen LogP contribution in [-0.2, 0) is 4.74 Å². The van der Waals surface area contributed by atoms with Crippen LogP contribution in [0.25, 0.3) is 0 Å². The minimum Gasteiger partial charge on any atom is -0.390 e. The predicted molar refractivity (Wildman–Crippen MR) is 52.8 cm³/mol. The second kappa shape index (κ2) is 4.94. The van der Waals surface area contributed by atoms with Crippen molar-refractivity contribution in [2.45, 2.75) is 31.8 Å². The van der Waals surface area contributed by atoms with E-state index >= 15 is 0 Å². The Bertz CT molecular complexity index is 138. The maximum absolute atomic E-state index is 9.71. The van der Waals surface area contributed by atoms with E-state index in [1.54, 1.807) is 7.11 Å². The number of nitrogens with zero attached hydrogens (tertiary/aromatic N) is 1. The fraction of sp³-hybridized carbons (Fsp3) is 1.00. The Morgan fingerprint density at radius 3 is 2.54 bits per heavy atom. The van der Waals surface area contributed by atoms with Crippen molar-refractivity contribution in [2.75, 3.05) is 33.4 Å². The van der Waals surface area contributed by atoms with Gasteiger partial charge in [-0.3, -0.25) is 0 Å². The highest BCUT2D eigenvalue weighted by atomic mass is 16.5. The molecule has 0 unspecified atom stereocenters. The summed E-state index contributed by atoms with van der Waals surface area (Å²) < 4.78 is 5.00. The Kier molecular flexibility index (Phi) is 4.16. The molecular weight excluding hydrogens is 166 g/mol. The van der Waals surface area contributed by atoms with Gasteiger partial charge in [0, 0.05) is 33.4 Å². The van der Waals surface area contributed by atoms with E-state index in [1.165, 1.54) is 0 Å². The van der Waals surface area contributed by atoms with Gasteiger partial charge in [-0.15, -0.1) is 0 Å². The summed E-state index contributed by atoms with van der Waals surface area (Å²) in [6.07, 6.45) is 2.90. The van der Waals surface area contributed by atoms with Gasteiger partial charge >= 0.3 is 0 Å². The molecule has 3 nitrogen and oxygen atoms in total. The molecule has 1 rings (SSSR count).